The second-order valence-corrected chi connectivity index (χ2v) is 5.70. The quantitative estimate of drug-likeness (QED) is 0.858. The Bertz CT molecular complexity index is 387. The number of nitrogens with zero attached hydrogens (tertiary/aromatic N) is 2. The first-order chi connectivity index (χ1) is 8.92. The van der Waals surface area contributed by atoms with Gasteiger partial charge in [-0.25, -0.2) is 9.78 Å². The molecule has 1 heterocycles. The fourth-order valence-corrected chi connectivity index (χ4v) is 1.71. The van der Waals surface area contributed by atoms with E-state index in [2.05, 4.69) is 31.1 Å². The number of pyridine rings is 1. The van der Waals surface area contributed by atoms with Crippen molar-refractivity contribution >= 4 is 11.8 Å². The number of hydrogen-bond acceptors (Lipinski definition) is 3. The molecule has 5 nitrogen and oxygen atoms in total. The number of carbonyl (C=O) groups is 1. The Morgan fingerprint density at radius 2 is 2.16 bits per heavy atom. The number of amides is 2. The van der Waals surface area contributed by atoms with Crippen molar-refractivity contribution in [3.05, 3.63) is 24.4 Å². The third-order valence-electron chi connectivity index (χ3n) is 2.44. The third kappa shape index (κ3) is 6.20. The van der Waals surface area contributed by atoms with Gasteiger partial charge in [0, 0.05) is 25.9 Å². The molecule has 0 aliphatic carbocycles. The predicted octanol–water partition coefficient (Wildman–Crippen LogP) is 2.34. The molecule has 0 aliphatic rings. The van der Waals surface area contributed by atoms with Gasteiger partial charge < -0.3 is 10.0 Å². The number of aliphatic hydroxyl groups excluding tert-OH is 1. The molecule has 5 heteroatoms. The normalized spacial score (nSPS) is 11.2. The maximum Gasteiger partial charge on any atom is 0.323 e. The molecule has 106 valence electrons. The van der Waals surface area contributed by atoms with E-state index < -0.39 is 0 Å². The summed E-state index contributed by atoms with van der Waals surface area (Å²) in [5.41, 5.74) is 0.0108. The highest BCUT2D eigenvalue weighted by atomic mass is 16.3. The van der Waals surface area contributed by atoms with Crippen molar-refractivity contribution in [1.29, 1.82) is 0 Å². The van der Waals surface area contributed by atoms with Crippen LogP contribution in [0.2, 0.25) is 0 Å². The van der Waals surface area contributed by atoms with Crippen molar-refractivity contribution in [1.82, 2.24) is 9.88 Å². The molecule has 1 aromatic heterocycles. The molecule has 0 saturated heterocycles. The lowest BCUT2D eigenvalue weighted by molar-refractivity contribution is 0.176. The Kier molecular flexibility index (Phi) is 5.76. The molecule has 0 aliphatic heterocycles. The standard InChI is InChI=1S/C14H23N3O2/c1-14(2,3)11-17(9-6-10-18)13(19)16-12-7-4-5-8-15-12/h4-5,7-8,18H,6,9-11H2,1-3H3,(H,15,16,19). The van der Waals surface area contributed by atoms with Gasteiger partial charge in [-0.3, -0.25) is 5.32 Å². The molecule has 0 fully saturated rings. The van der Waals surface area contributed by atoms with Gasteiger partial charge in [-0.1, -0.05) is 26.8 Å². The SMILES string of the molecule is CC(C)(C)CN(CCCO)C(=O)Nc1ccccn1. The van der Waals surface area contributed by atoms with Crippen LogP contribution in [0, 0.1) is 5.41 Å². The fourth-order valence-electron chi connectivity index (χ4n) is 1.71. The number of aliphatic hydroxyl groups is 1. The first kappa shape index (κ1) is 15.4. The zero-order valence-corrected chi connectivity index (χ0v) is 11.9. The molecule has 0 atom stereocenters. The van der Waals surface area contributed by atoms with Gasteiger partial charge in [0.1, 0.15) is 5.82 Å². The second kappa shape index (κ2) is 7.09. The summed E-state index contributed by atoms with van der Waals surface area (Å²) in [5, 5.41) is 11.7. The number of nitrogens with one attached hydrogen (secondary N) is 1. The monoisotopic (exact) mass is 265 g/mol. The van der Waals surface area contributed by atoms with Crippen LogP contribution in [0.4, 0.5) is 10.6 Å². The summed E-state index contributed by atoms with van der Waals surface area (Å²) >= 11 is 0. The van der Waals surface area contributed by atoms with Crippen molar-refractivity contribution < 1.29 is 9.90 Å². The van der Waals surface area contributed by atoms with Crippen LogP contribution < -0.4 is 5.32 Å². The topological polar surface area (TPSA) is 65.5 Å². The van der Waals surface area contributed by atoms with Crippen molar-refractivity contribution in [2.45, 2.75) is 27.2 Å². The summed E-state index contributed by atoms with van der Waals surface area (Å²) in [5.74, 6) is 0.537. The molecule has 0 bridgehead atoms. The predicted molar refractivity (Wildman–Crippen MR) is 76.0 cm³/mol. The van der Waals surface area contributed by atoms with Crippen LogP contribution in [0.3, 0.4) is 0 Å². The highest BCUT2D eigenvalue weighted by Crippen LogP contribution is 2.16. The highest BCUT2D eigenvalue weighted by Gasteiger charge is 2.20. The van der Waals surface area contributed by atoms with Gasteiger partial charge in [0.2, 0.25) is 0 Å². The lowest BCUT2D eigenvalue weighted by atomic mass is 9.96. The van der Waals surface area contributed by atoms with Gasteiger partial charge in [-0.05, 0) is 24.0 Å². The lowest BCUT2D eigenvalue weighted by Crippen LogP contribution is -2.41. The first-order valence-corrected chi connectivity index (χ1v) is 6.50. The van der Waals surface area contributed by atoms with E-state index in [1.54, 1.807) is 23.2 Å². The minimum Gasteiger partial charge on any atom is -0.396 e. The molecule has 0 unspecified atom stereocenters. The van der Waals surface area contributed by atoms with E-state index in [9.17, 15) is 4.79 Å². The van der Waals surface area contributed by atoms with Gasteiger partial charge >= 0.3 is 6.03 Å². The highest BCUT2D eigenvalue weighted by molar-refractivity contribution is 5.88. The summed E-state index contributed by atoms with van der Waals surface area (Å²) in [6.45, 7) is 7.47. The summed E-state index contributed by atoms with van der Waals surface area (Å²) in [7, 11) is 0. The van der Waals surface area contributed by atoms with Crippen LogP contribution in [-0.2, 0) is 0 Å². The van der Waals surface area contributed by atoms with Crippen molar-refractivity contribution in [3.63, 3.8) is 0 Å². The van der Waals surface area contributed by atoms with Crippen LogP contribution in [-0.4, -0.2) is 40.7 Å². The largest absolute Gasteiger partial charge is 0.396 e. The van der Waals surface area contributed by atoms with Crippen LogP contribution >= 0.6 is 0 Å². The molecule has 1 rings (SSSR count). The summed E-state index contributed by atoms with van der Waals surface area (Å²) in [6.07, 6.45) is 2.21. The van der Waals surface area contributed by atoms with Gasteiger partial charge in [-0.15, -0.1) is 0 Å². The fraction of sp³-hybridized carbons (Fsp3) is 0.571. The van der Waals surface area contributed by atoms with Gasteiger partial charge in [-0.2, -0.15) is 0 Å². The number of carbonyl (C=O) groups excluding carboxylic acids is 1. The molecule has 0 aromatic carbocycles. The molecule has 0 spiro atoms. The average molecular weight is 265 g/mol. The van der Waals surface area contributed by atoms with Crippen LogP contribution in [0.25, 0.3) is 0 Å². The van der Waals surface area contributed by atoms with E-state index in [-0.39, 0.29) is 18.1 Å². The number of hydrogen-bond donors (Lipinski definition) is 2. The second-order valence-electron chi connectivity index (χ2n) is 5.70. The summed E-state index contributed by atoms with van der Waals surface area (Å²) in [4.78, 5) is 18.0. The summed E-state index contributed by atoms with van der Waals surface area (Å²) in [6, 6.07) is 5.19. The Labute approximate surface area is 114 Å². The molecular weight excluding hydrogens is 242 g/mol. The van der Waals surface area contributed by atoms with E-state index in [0.717, 1.165) is 0 Å². The third-order valence-corrected chi connectivity index (χ3v) is 2.44. The molecule has 1 aromatic rings. The zero-order chi connectivity index (χ0) is 14.3. The van der Waals surface area contributed by atoms with Gasteiger partial charge in [0.15, 0.2) is 0 Å². The van der Waals surface area contributed by atoms with Crippen LogP contribution in [0.15, 0.2) is 24.4 Å². The van der Waals surface area contributed by atoms with E-state index in [4.69, 9.17) is 5.11 Å². The number of anilines is 1. The van der Waals surface area contributed by atoms with Crippen LogP contribution in [0.1, 0.15) is 27.2 Å². The molecule has 19 heavy (non-hydrogen) atoms. The maximum atomic E-state index is 12.2. The average Bonchev–Trinajstić information content (AvgIpc) is 2.34. The van der Waals surface area contributed by atoms with Crippen molar-refractivity contribution in [2.24, 2.45) is 5.41 Å². The minimum atomic E-state index is -0.179. The van der Waals surface area contributed by atoms with E-state index in [1.165, 1.54) is 0 Å². The van der Waals surface area contributed by atoms with E-state index in [1.807, 2.05) is 6.07 Å². The van der Waals surface area contributed by atoms with Crippen LogP contribution in [0.5, 0.6) is 0 Å². The van der Waals surface area contributed by atoms with E-state index >= 15 is 0 Å². The number of rotatable bonds is 5. The molecule has 2 amide bonds. The zero-order valence-electron chi connectivity index (χ0n) is 11.9. The molecule has 0 saturated carbocycles. The van der Waals surface area contributed by atoms with E-state index in [0.29, 0.717) is 25.3 Å². The Morgan fingerprint density at radius 3 is 2.68 bits per heavy atom. The van der Waals surface area contributed by atoms with Gasteiger partial charge in [0.05, 0.1) is 0 Å². The summed E-state index contributed by atoms with van der Waals surface area (Å²) < 4.78 is 0. The maximum absolute atomic E-state index is 12.2. The number of aromatic nitrogens is 1. The lowest BCUT2D eigenvalue weighted by Gasteiger charge is -2.29. The smallest absolute Gasteiger partial charge is 0.323 e. The Hall–Kier alpha value is -1.62. The van der Waals surface area contributed by atoms with Crippen molar-refractivity contribution in [3.8, 4) is 0 Å². The molecular formula is C14H23N3O2. The molecule has 2 N–H and O–H groups in total. The van der Waals surface area contributed by atoms with Gasteiger partial charge in [0.25, 0.3) is 0 Å². The minimum absolute atomic E-state index is 0.0108. The Balaban J connectivity index is 2.65. The molecule has 0 radical (unpaired) electrons. The first-order valence-electron chi connectivity index (χ1n) is 6.50. The Morgan fingerprint density at radius 1 is 1.42 bits per heavy atom. The van der Waals surface area contributed by atoms with Crippen molar-refractivity contribution in [2.75, 3.05) is 25.0 Å². The number of urea groups is 1.